The molecule has 62 valence electrons. The molecular formula is C10H6N2O. The average Bonchev–Trinajstić information content (AvgIpc) is 2.18. The fourth-order valence-corrected chi connectivity index (χ4v) is 1.17. The van der Waals surface area contributed by atoms with Crippen molar-refractivity contribution >= 4 is 5.65 Å². The predicted molar refractivity (Wildman–Crippen MR) is 49.4 cm³/mol. The van der Waals surface area contributed by atoms with Gasteiger partial charge in [0.15, 0.2) is 5.65 Å². The van der Waals surface area contributed by atoms with Crippen LogP contribution in [0.2, 0.25) is 0 Å². The molecule has 2 aromatic rings. The molecule has 0 atom stereocenters. The summed E-state index contributed by atoms with van der Waals surface area (Å²) in [7, 11) is 0. The van der Waals surface area contributed by atoms with E-state index in [0.29, 0.717) is 11.2 Å². The number of pyridine rings is 1. The normalized spacial score (nSPS) is 9.77. The van der Waals surface area contributed by atoms with Crippen molar-refractivity contribution in [1.82, 2.24) is 9.38 Å². The lowest BCUT2D eigenvalue weighted by molar-refractivity contribution is 1.04. The molecule has 0 unspecified atom stereocenters. The average molecular weight is 170 g/mol. The first-order chi connectivity index (χ1) is 6.33. The van der Waals surface area contributed by atoms with Crippen molar-refractivity contribution in [2.75, 3.05) is 0 Å². The first-order valence-electron chi connectivity index (χ1n) is 3.76. The fourth-order valence-electron chi connectivity index (χ4n) is 1.17. The lowest BCUT2D eigenvalue weighted by Crippen LogP contribution is -2.13. The maximum atomic E-state index is 11.3. The first-order valence-corrected chi connectivity index (χ1v) is 3.76. The van der Waals surface area contributed by atoms with Crippen molar-refractivity contribution < 1.29 is 0 Å². The van der Waals surface area contributed by atoms with Gasteiger partial charge in [-0.05, 0) is 12.1 Å². The summed E-state index contributed by atoms with van der Waals surface area (Å²) in [4.78, 5) is 15.3. The minimum atomic E-state index is -0.123. The number of fused-ring (bicyclic) bond motifs is 1. The van der Waals surface area contributed by atoms with Crippen molar-refractivity contribution in [3.63, 3.8) is 0 Å². The Morgan fingerprint density at radius 3 is 3.08 bits per heavy atom. The van der Waals surface area contributed by atoms with Crippen molar-refractivity contribution in [3.05, 3.63) is 46.5 Å². The van der Waals surface area contributed by atoms with E-state index in [4.69, 9.17) is 6.42 Å². The molecule has 0 saturated heterocycles. The standard InChI is InChI=1S/C10H6N2O/c1-2-8-4-3-7-12-9(13)5-6-11-10(8)12/h1,3-7H. The second kappa shape index (κ2) is 2.76. The lowest BCUT2D eigenvalue weighted by atomic mass is 10.3. The van der Waals surface area contributed by atoms with E-state index in [9.17, 15) is 4.79 Å². The molecule has 0 fully saturated rings. The Labute approximate surface area is 74.7 Å². The highest BCUT2D eigenvalue weighted by Gasteiger charge is 1.98. The van der Waals surface area contributed by atoms with Gasteiger partial charge in [0.1, 0.15) is 0 Å². The van der Waals surface area contributed by atoms with Gasteiger partial charge in [0.25, 0.3) is 5.56 Å². The van der Waals surface area contributed by atoms with E-state index in [0.717, 1.165) is 0 Å². The van der Waals surface area contributed by atoms with Gasteiger partial charge in [0.05, 0.1) is 5.56 Å². The van der Waals surface area contributed by atoms with Gasteiger partial charge in [-0.25, -0.2) is 4.98 Å². The Bertz CT molecular complexity index is 549. The van der Waals surface area contributed by atoms with E-state index >= 15 is 0 Å². The van der Waals surface area contributed by atoms with E-state index in [2.05, 4.69) is 10.9 Å². The van der Waals surface area contributed by atoms with Crippen molar-refractivity contribution in [2.24, 2.45) is 0 Å². The zero-order valence-electron chi connectivity index (χ0n) is 6.77. The summed E-state index contributed by atoms with van der Waals surface area (Å²) in [6.45, 7) is 0. The van der Waals surface area contributed by atoms with Crippen molar-refractivity contribution in [3.8, 4) is 12.3 Å². The molecule has 2 rings (SSSR count). The minimum absolute atomic E-state index is 0.123. The predicted octanol–water partition coefficient (Wildman–Crippen LogP) is 0.676. The second-order valence-electron chi connectivity index (χ2n) is 2.54. The van der Waals surface area contributed by atoms with Crippen LogP contribution in [0.3, 0.4) is 0 Å². The van der Waals surface area contributed by atoms with Crippen LogP contribution in [-0.2, 0) is 0 Å². The molecule has 0 aliphatic carbocycles. The molecule has 3 heteroatoms. The molecular weight excluding hydrogens is 164 g/mol. The first kappa shape index (κ1) is 7.56. The number of nitrogens with zero attached hydrogens (tertiary/aromatic N) is 2. The van der Waals surface area contributed by atoms with Gasteiger partial charge < -0.3 is 0 Å². The molecule has 2 heterocycles. The Morgan fingerprint density at radius 2 is 2.31 bits per heavy atom. The summed E-state index contributed by atoms with van der Waals surface area (Å²) < 4.78 is 1.43. The third kappa shape index (κ3) is 1.09. The number of rotatable bonds is 0. The third-order valence-electron chi connectivity index (χ3n) is 1.77. The molecule has 3 nitrogen and oxygen atoms in total. The minimum Gasteiger partial charge on any atom is -0.269 e. The lowest BCUT2D eigenvalue weighted by Gasteiger charge is -1.99. The van der Waals surface area contributed by atoms with Crippen LogP contribution in [0.5, 0.6) is 0 Å². The molecule has 2 aromatic heterocycles. The Hall–Kier alpha value is -2.08. The van der Waals surface area contributed by atoms with E-state index in [-0.39, 0.29) is 5.56 Å². The number of hydrogen-bond donors (Lipinski definition) is 0. The quantitative estimate of drug-likeness (QED) is 0.545. The highest BCUT2D eigenvalue weighted by Crippen LogP contribution is 2.02. The summed E-state index contributed by atoms with van der Waals surface area (Å²) in [5, 5.41) is 0. The monoisotopic (exact) mass is 170 g/mol. The fraction of sp³-hybridized carbons (Fsp3) is 0. The zero-order valence-corrected chi connectivity index (χ0v) is 6.77. The number of hydrogen-bond acceptors (Lipinski definition) is 2. The summed E-state index contributed by atoms with van der Waals surface area (Å²) >= 11 is 0. The third-order valence-corrected chi connectivity index (χ3v) is 1.77. The van der Waals surface area contributed by atoms with Crippen LogP contribution >= 0.6 is 0 Å². The van der Waals surface area contributed by atoms with Crippen LogP contribution < -0.4 is 5.56 Å². The Kier molecular flexibility index (Phi) is 1.60. The van der Waals surface area contributed by atoms with E-state index in [1.807, 2.05) is 0 Å². The largest absolute Gasteiger partial charge is 0.269 e. The van der Waals surface area contributed by atoms with Crippen LogP contribution in [0, 0.1) is 12.3 Å². The molecule has 0 radical (unpaired) electrons. The van der Waals surface area contributed by atoms with Gasteiger partial charge in [-0.2, -0.15) is 0 Å². The van der Waals surface area contributed by atoms with Gasteiger partial charge in [0, 0.05) is 18.5 Å². The van der Waals surface area contributed by atoms with Crippen molar-refractivity contribution in [1.29, 1.82) is 0 Å². The summed E-state index contributed by atoms with van der Waals surface area (Å²) in [5.41, 5.74) is 1.03. The Balaban J connectivity index is 3.03. The van der Waals surface area contributed by atoms with Crippen molar-refractivity contribution in [2.45, 2.75) is 0 Å². The number of terminal acetylenes is 1. The maximum absolute atomic E-state index is 11.3. The van der Waals surface area contributed by atoms with Gasteiger partial charge in [-0.3, -0.25) is 9.20 Å². The molecule has 0 saturated carbocycles. The van der Waals surface area contributed by atoms with Gasteiger partial charge in [0.2, 0.25) is 0 Å². The zero-order chi connectivity index (χ0) is 9.26. The summed E-state index contributed by atoms with van der Waals surface area (Å²) in [5.74, 6) is 2.47. The smallest absolute Gasteiger partial charge is 0.257 e. The highest BCUT2D eigenvalue weighted by atomic mass is 16.1. The molecule has 0 bridgehead atoms. The molecule has 0 spiro atoms. The molecule has 0 N–H and O–H groups in total. The molecule has 0 aliphatic heterocycles. The van der Waals surface area contributed by atoms with Crippen LogP contribution in [0.15, 0.2) is 35.4 Å². The molecule has 0 amide bonds. The van der Waals surface area contributed by atoms with Crippen LogP contribution in [0.4, 0.5) is 0 Å². The molecule has 0 aromatic carbocycles. The van der Waals surface area contributed by atoms with Crippen LogP contribution in [0.1, 0.15) is 5.56 Å². The summed E-state index contributed by atoms with van der Waals surface area (Å²) in [6.07, 6.45) is 8.36. The molecule has 0 aliphatic rings. The Morgan fingerprint density at radius 1 is 1.46 bits per heavy atom. The van der Waals surface area contributed by atoms with E-state index in [1.54, 1.807) is 18.3 Å². The highest BCUT2D eigenvalue weighted by molar-refractivity contribution is 5.55. The van der Waals surface area contributed by atoms with E-state index < -0.39 is 0 Å². The summed E-state index contributed by atoms with van der Waals surface area (Å²) in [6, 6.07) is 4.88. The second-order valence-corrected chi connectivity index (χ2v) is 2.54. The van der Waals surface area contributed by atoms with Crippen LogP contribution in [-0.4, -0.2) is 9.38 Å². The topological polar surface area (TPSA) is 34.4 Å². The SMILES string of the molecule is C#Cc1cccn2c(=O)ccnc12. The van der Waals surface area contributed by atoms with Gasteiger partial charge in [-0.1, -0.05) is 5.92 Å². The molecule has 13 heavy (non-hydrogen) atoms. The van der Waals surface area contributed by atoms with E-state index in [1.165, 1.54) is 16.7 Å². The maximum Gasteiger partial charge on any atom is 0.257 e. The van der Waals surface area contributed by atoms with Gasteiger partial charge in [-0.15, -0.1) is 6.42 Å². The van der Waals surface area contributed by atoms with Crippen LogP contribution in [0.25, 0.3) is 5.65 Å². The number of aromatic nitrogens is 2. The van der Waals surface area contributed by atoms with Gasteiger partial charge >= 0.3 is 0 Å².